The van der Waals surface area contributed by atoms with Crippen molar-refractivity contribution in [3.05, 3.63) is 267 Å². The van der Waals surface area contributed by atoms with Crippen LogP contribution in [0.1, 0.15) is 0 Å². The average Bonchev–Trinajstić information content (AvgIpc) is 3.76. The van der Waals surface area contributed by atoms with Crippen molar-refractivity contribution < 1.29 is 0 Å². The summed E-state index contributed by atoms with van der Waals surface area (Å²) in [4.78, 5) is 2.46. The summed E-state index contributed by atoms with van der Waals surface area (Å²) in [5, 5.41) is 9.83. The van der Waals surface area contributed by atoms with Crippen LogP contribution in [-0.4, -0.2) is 4.57 Å². The first-order valence-electron chi connectivity index (χ1n) is 23.4. The highest BCUT2D eigenvalue weighted by atomic mass is 15.2. The van der Waals surface area contributed by atoms with E-state index >= 15 is 0 Å². The number of fused-ring (bicyclic) bond motifs is 7. The molecule has 0 atom stereocenters. The van der Waals surface area contributed by atoms with E-state index in [1.807, 2.05) is 0 Å². The van der Waals surface area contributed by atoms with Crippen LogP contribution < -0.4 is 4.90 Å². The predicted octanol–water partition coefficient (Wildman–Crippen LogP) is 18.4. The molecule has 0 bridgehead atoms. The van der Waals surface area contributed by atoms with Gasteiger partial charge >= 0.3 is 0 Å². The molecule has 0 unspecified atom stereocenters. The molecule has 0 fully saturated rings. The lowest BCUT2D eigenvalue weighted by Crippen LogP contribution is -2.12. The Bertz CT molecular complexity index is 4000. The van der Waals surface area contributed by atoms with Crippen LogP contribution in [0.2, 0.25) is 0 Å². The Balaban J connectivity index is 1.06. The van der Waals surface area contributed by atoms with Crippen molar-refractivity contribution in [3.63, 3.8) is 0 Å². The van der Waals surface area contributed by atoms with Gasteiger partial charge in [-0.25, -0.2) is 0 Å². The zero-order chi connectivity index (χ0) is 45.0. The average molecular weight is 865 g/mol. The first-order valence-corrected chi connectivity index (χ1v) is 23.4. The molecule has 68 heavy (non-hydrogen) atoms. The summed E-state index contributed by atoms with van der Waals surface area (Å²) in [5.41, 5.74) is 16.3. The molecule has 0 saturated heterocycles. The molecule has 1 aromatic heterocycles. The number of hydrogen-bond donors (Lipinski definition) is 0. The number of aromatic nitrogens is 1. The highest BCUT2D eigenvalue weighted by Crippen LogP contribution is 2.48. The van der Waals surface area contributed by atoms with Gasteiger partial charge in [0.25, 0.3) is 0 Å². The fraction of sp³-hybridized carbons (Fsp3) is 0. The van der Waals surface area contributed by atoms with Crippen molar-refractivity contribution in [2.45, 2.75) is 0 Å². The summed E-state index contributed by atoms with van der Waals surface area (Å²) >= 11 is 0. The molecule has 2 nitrogen and oxygen atoms in total. The van der Waals surface area contributed by atoms with Crippen LogP contribution in [0.15, 0.2) is 267 Å². The third-order valence-electron chi connectivity index (χ3n) is 13.7. The fourth-order valence-electron chi connectivity index (χ4n) is 10.7. The quantitative estimate of drug-likeness (QED) is 0.138. The van der Waals surface area contributed by atoms with Gasteiger partial charge in [-0.1, -0.05) is 218 Å². The van der Waals surface area contributed by atoms with Crippen molar-refractivity contribution in [1.29, 1.82) is 0 Å². The molecule has 13 rings (SSSR count). The first-order chi connectivity index (χ1) is 33.8. The van der Waals surface area contributed by atoms with E-state index in [1.54, 1.807) is 0 Å². The van der Waals surface area contributed by atoms with Crippen molar-refractivity contribution >= 4 is 71.2 Å². The van der Waals surface area contributed by atoms with E-state index in [4.69, 9.17) is 0 Å². The Kier molecular flexibility index (Phi) is 9.54. The van der Waals surface area contributed by atoms with E-state index < -0.39 is 0 Å². The fourth-order valence-corrected chi connectivity index (χ4v) is 10.7. The molecule has 0 saturated carbocycles. The maximum atomic E-state index is 2.49. The van der Waals surface area contributed by atoms with Gasteiger partial charge < -0.3 is 9.47 Å². The Morgan fingerprint density at radius 2 is 0.765 bits per heavy atom. The van der Waals surface area contributed by atoms with E-state index in [1.165, 1.54) is 82.0 Å². The van der Waals surface area contributed by atoms with Crippen LogP contribution in [0.5, 0.6) is 0 Å². The summed E-state index contributed by atoms with van der Waals surface area (Å²) in [6.45, 7) is 0. The zero-order valence-corrected chi connectivity index (χ0v) is 37.3. The summed E-state index contributed by atoms with van der Waals surface area (Å²) in [7, 11) is 0. The molecule has 0 spiro atoms. The molecule has 2 heteroatoms. The Morgan fingerprint density at radius 1 is 0.265 bits per heavy atom. The van der Waals surface area contributed by atoms with Crippen LogP contribution in [0.3, 0.4) is 0 Å². The number of para-hydroxylation sites is 2. The van der Waals surface area contributed by atoms with Crippen molar-refractivity contribution in [2.75, 3.05) is 4.90 Å². The smallest absolute Gasteiger partial charge is 0.0782 e. The van der Waals surface area contributed by atoms with Crippen molar-refractivity contribution in [1.82, 2.24) is 4.57 Å². The second kappa shape index (κ2) is 16.5. The molecule has 318 valence electrons. The van der Waals surface area contributed by atoms with E-state index in [-0.39, 0.29) is 0 Å². The van der Waals surface area contributed by atoms with Gasteiger partial charge in [0.2, 0.25) is 0 Å². The van der Waals surface area contributed by atoms with Gasteiger partial charge in [0, 0.05) is 27.5 Å². The number of hydrogen-bond acceptors (Lipinski definition) is 1. The maximum Gasteiger partial charge on any atom is 0.0782 e. The number of benzene rings is 12. The van der Waals surface area contributed by atoms with Gasteiger partial charge in [0.1, 0.15) is 0 Å². The summed E-state index contributed by atoms with van der Waals surface area (Å²) in [6.07, 6.45) is 0. The standard InChI is InChI=1S/C66H44N2/c1-4-19-45(20-5-1)46-37-40-52(41-38-46)67(63-36-18-33-59-57-31-14-15-34-62(57)68(66(59)63)61-35-17-26-47-21-10-11-29-54(47)61)53-28-16-27-50(43-53)51-39-42-56-55-30-12-13-32-58(55)64(48-22-6-2-7-23-48)65(60(56)44-51)49-24-8-3-9-25-49/h1-44H. The normalized spacial score (nSPS) is 11.5. The van der Waals surface area contributed by atoms with Crippen molar-refractivity contribution in [3.8, 4) is 50.2 Å². The van der Waals surface area contributed by atoms with Gasteiger partial charge in [-0.15, -0.1) is 0 Å². The van der Waals surface area contributed by atoms with Crippen LogP contribution in [0.25, 0.3) is 104 Å². The lowest BCUT2D eigenvalue weighted by atomic mass is 9.84. The Morgan fingerprint density at radius 3 is 1.51 bits per heavy atom. The SMILES string of the molecule is c1ccc(-c2ccc(N(c3cccc(-c4ccc5c(c4)c(-c4ccccc4)c(-c4ccccc4)c4ccccc45)c3)c3cccc4c5ccccc5n(-c5cccc6ccccc56)c34)cc2)cc1. The molecule has 0 aliphatic carbocycles. The highest BCUT2D eigenvalue weighted by Gasteiger charge is 2.23. The summed E-state index contributed by atoms with van der Waals surface area (Å²) in [5.74, 6) is 0. The molecule has 0 amide bonds. The summed E-state index contributed by atoms with van der Waals surface area (Å²) in [6, 6.07) is 97.6. The molecule has 0 radical (unpaired) electrons. The molecule has 0 aliphatic heterocycles. The number of anilines is 3. The minimum absolute atomic E-state index is 1.07. The molecular weight excluding hydrogens is 821 g/mol. The predicted molar refractivity (Wildman–Crippen MR) is 290 cm³/mol. The van der Waals surface area contributed by atoms with E-state index in [2.05, 4.69) is 276 Å². The minimum atomic E-state index is 1.07. The molecule has 13 aromatic rings. The van der Waals surface area contributed by atoms with E-state index in [0.717, 1.165) is 39.4 Å². The van der Waals surface area contributed by atoms with Crippen LogP contribution in [-0.2, 0) is 0 Å². The minimum Gasteiger partial charge on any atom is -0.308 e. The lowest BCUT2D eigenvalue weighted by Gasteiger charge is -2.28. The first kappa shape index (κ1) is 39.4. The lowest BCUT2D eigenvalue weighted by molar-refractivity contribution is 1.18. The second-order valence-corrected chi connectivity index (χ2v) is 17.6. The van der Waals surface area contributed by atoms with Gasteiger partial charge in [-0.2, -0.15) is 0 Å². The van der Waals surface area contributed by atoms with Gasteiger partial charge in [0.05, 0.1) is 22.4 Å². The molecule has 0 N–H and O–H groups in total. The topological polar surface area (TPSA) is 8.17 Å². The van der Waals surface area contributed by atoms with Gasteiger partial charge in [-0.3, -0.25) is 0 Å². The zero-order valence-electron chi connectivity index (χ0n) is 37.3. The largest absolute Gasteiger partial charge is 0.308 e. The van der Waals surface area contributed by atoms with E-state index in [9.17, 15) is 0 Å². The van der Waals surface area contributed by atoms with Gasteiger partial charge in [0.15, 0.2) is 0 Å². The second-order valence-electron chi connectivity index (χ2n) is 17.6. The molecular formula is C66H44N2. The van der Waals surface area contributed by atoms with Crippen molar-refractivity contribution in [2.24, 2.45) is 0 Å². The number of rotatable bonds is 8. The maximum absolute atomic E-state index is 2.49. The highest BCUT2D eigenvalue weighted by molar-refractivity contribution is 6.22. The van der Waals surface area contributed by atoms with Crippen LogP contribution in [0.4, 0.5) is 17.1 Å². The Labute approximate surface area is 395 Å². The third-order valence-corrected chi connectivity index (χ3v) is 13.7. The van der Waals surface area contributed by atoms with E-state index in [0.29, 0.717) is 0 Å². The van der Waals surface area contributed by atoms with Gasteiger partial charge in [-0.05, 0) is 120 Å². The van der Waals surface area contributed by atoms with Crippen LogP contribution in [0, 0.1) is 0 Å². The molecule has 12 aromatic carbocycles. The summed E-state index contributed by atoms with van der Waals surface area (Å²) < 4.78 is 2.49. The third kappa shape index (κ3) is 6.57. The number of nitrogens with zero attached hydrogens (tertiary/aromatic N) is 2. The molecule has 1 heterocycles. The molecule has 0 aliphatic rings. The Hall–Kier alpha value is -8.98. The van der Waals surface area contributed by atoms with Crippen LogP contribution >= 0.6 is 0 Å². The monoisotopic (exact) mass is 864 g/mol.